The van der Waals surface area contributed by atoms with E-state index in [1.54, 1.807) is 31.4 Å². The van der Waals surface area contributed by atoms with Crippen molar-refractivity contribution in [2.75, 3.05) is 20.3 Å². The average molecular weight is 311 g/mol. The van der Waals surface area contributed by atoms with E-state index in [0.29, 0.717) is 24.3 Å². The van der Waals surface area contributed by atoms with Gasteiger partial charge < -0.3 is 9.47 Å². The van der Waals surface area contributed by atoms with Crippen LogP contribution in [-0.2, 0) is 11.3 Å². The van der Waals surface area contributed by atoms with Crippen LogP contribution in [0.5, 0.6) is 5.75 Å². The molecular weight excluding hydrogens is 294 g/mol. The second-order valence-corrected chi connectivity index (χ2v) is 5.21. The summed E-state index contributed by atoms with van der Waals surface area (Å²) in [6, 6.07) is 14.4. The molecule has 1 heterocycles. The molecule has 1 aliphatic heterocycles. The highest BCUT2D eigenvalue weighted by atomic mass is 16.5. The van der Waals surface area contributed by atoms with Gasteiger partial charge in [0.25, 0.3) is 11.8 Å². The van der Waals surface area contributed by atoms with E-state index in [1.165, 1.54) is 4.90 Å². The summed E-state index contributed by atoms with van der Waals surface area (Å²) < 4.78 is 10.7. The minimum atomic E-state index is -0.251. The smallest absolute Gasteiger partial charge is 0.261 e. The number of methoxy groups -OCH3 is 1. The molecule has 0 atom stereocenters. The van der Waals surface area contributed by atoms with Crippen LogP contribution in [0, 0.1) is 0 Å². The van der Waals surface area contributed by atoms with Crippen molar-refractivity contribution in [1.82, 2.24) is 4.90 Å². The lowest BCUT2D eigenvalue weighted by atomic mass is 10.1. The van der Waals surface area contributed by atoms with Gasteiger partial charge in [-0.05, 0) is 29.8 Å². The van der Waals surface area contributed by atoms with Crippen LogP contribution in [0.4, 0.5) is 0 Å². The molecule has 118 valence electrons. The van der Waals surface area contributed by atoms with E-state index in [0.717, 1.165) is 11.3 Å². The number of fused-ring (bicyclic) bond motifs is 1. The fourth-order valence-electron chi connectivity index (χ4n) is 2.51. The third-order valence-corrected chi connectivity index (χ3v) is 3.77. The molecule has 0 unspecified atom stereocenters. The molecular formula is C18H17NO4. The van der Waals surface area contributed by atoms with Gasteiger partial charge in [0.15, 0.2) is 0 Å². The molecule has 2 amide bonds. The third-order valence-electron chi connectivity index (χ3n) is 3.77. The molecule has 5 heteroatoms. The maximum absolute atomic E-state index is 12.2. The molecule has 0 saturated heterocycles. The first-order valence-electron chi connectivity index (χ1n) is 7.36. The molecule has 2 aromatic rings. The number of hydrogen-bond acceptors (Lipinski definition) is 4. The van der Waals surface area contributed by atoms with E-state index in [4.69, 9.17) is 9.47 Å². The maximum atomic E-state index is 12.2. The van der Waals surface area contributed by atoms with E-state index < -0.39 is 0 Å². The van der Waals surface area contributed by atoms with Gasteiger partial charge >= 0.3 is 0 Å². The number of carbonyl (C=O) groups excluding carboxylic acids is 2. The van der Waals surface area contributed by atoms with Gasteiger partial charge in [-0.2, -0.15) is 0 Å². The monoisotopic (exact) mass is 311 g/mol. The number of hydrogen-bond donors (Lipinski definition) is 0. The summed E-state index contributed by atoms with van der Waals surface area (Å²) in [5, 5.41) is 0. The van der Waals surface area contributed by atoms with E-state index in [1.807, 2.05) is 24.3 Å². The fourth-order valence-corrected chi connectivity index (χ4v) is 2.51. The Bertz CT molecular complexity index is 689. The Labute approximate surface area is 134 Å². The molecule has 0 N–H and O–H groups in total. The Morgan fingerprint density at radius 1 is 0.913 bits per heavy atom. The summed E-state index contributed by atoms with van der Waals surface area (Å²) in [5.74, 6) is 0.289. The van der Waals surface area contributed by atoms with Gasteiger partial charge in [0.2, 0.25) is 0 Å². The van der Waals surface area contributed by atoms with Gasteiger partial charge in [-0.3, -0.25) is 14.5 Å². The second-order valence-electron chi connectivity index (χ2n) is 5.21. The lowest BCUT2D eigenvalue weighted by Gasteiger charge is -2.13. The Kier molecular flexibility index (Phi) is 4.39. The summed E-state index contributed by atoms with van der Waals surface area (Å²) in [6.45, 7) is 0.979. The van der Waals surface area contributed by atoms with Crippen LogP contribution in [0.25, 0.3) is 0 Å². The average Bonchev–Trinajstić information content (AvgIpc) is 2.84. The van der Waals surface area contributed by atoms with Crippen molar-refractivity contribution in [2.24, 2.45) is 0 Å². The summed E-state index contributed by atoms with van der Waals surface area (Å²) in [7, 11) is 1.62. The van der Waals surface area contributed by atoms with Crippen molar-refractivity contribution in [1.29, 1.82) is 0 Å². The first-order chi connectivity index (χ1) is 11.2. The van der Waals surface area contributed by atoms with E-state index in [-0.39, 0.29) is 18.4 Å². The van der Waals surface area contributed by atoms with Crippen LogP contribution in [0.3, 0.4) is 0 Å². The zero-order valence-electron chi connectivity index (χ0n) is 12.8. The normalized spacial score (nSPS) is 13.3. The van der Waals surface area contributed by atoms with Crippen molar-refractivity contribution >= 4 is 11.8 Å². The quantitative estimate of drug-likeness (QED) is 0.607. The standard InChI is InChI=1S/C18H17NO4/c1-22-14-8-6-13(7-9-14)12-23-11-10-19-17(20)15-4-2-3-5-16(15)18(19)21/h2-9H,10-12H2,1H3. The van der Waals surface area contributed by atoms with E-state index >= 15 is 0 Å². The number of carbonyl (C=O) groups is 2. The molecule has 0 spiro atoms. The first-order valence-corrected chi connectivity index (χ1v) is 7.36. The highest BCUT2D eigenvalue weighted by Crippen LogP contribution is 2.22. The topological polar surface area (TPSA) is 55.8 Å². The third kappa shape index (κ3) is 3.10. The van der Waals surface area contributed by atoms with Crippen molar-refractivity contribution in [3.8, 4) is 5.75 Å². The van der Waals surface area contributed by atoms with Gasteiger partial charge in [-0.15, -0.1) is 0 Å². The van der Waals surface area contributed by atoms with Gasteiger partial charge in [0.1, 0.15) is 5.75 Å². The van der Waals surface area contributed by atoms with Gasteiger partial charge in [0, 0.05) is 0 Å². The van der Waals surface area contributed by atoms with Crippen LogP contribution >= 0.6 is 0 Å². The first kappa shape index (κ1) is 15.2. The fraction of sp³-hybridized carbons (Fsp3) is 0.222. The predicted molar refractivity (Wildman–Crippen MR) is 84.5 cm³/mol. The summed E-state index contributed by atoms with van der Waals surface area (Å²) >= 11 is 0. The number of ether oxygens (including phenoxy) is 2. The molecule has 0 saturated carbocycles. The molecule has 5 nitrogen and oxygen atoms in total. The van der Waals surface area contributed by atoms with Crippen LogP contribution in [-0.4, -0.2) is 37.0 Å². The molecule has 0 radical (unpaired) electrons. The number of amides is 2. The van der Waals surface area contributed by atoms with Crippen molar-refractivity contribution in [2.45, 2.75) is 6.61 Å². The Hall–Kier alpha value is -2.66. The molecule has 2 aromatic carbocycles. The Morgan fingerprint density at radius 2 is 1.52 bits per heavy atom. The van der Waals surface area contributed by atoms with Gasteiger partial charge in [-0.1, -0.05) is 24.3 Å². The van der Waals surface area contributed by atoms with Crippen LogP contribution in [0.15, 0.2) is 48.5 Å². The zero-order chi connectivity index (χ0) is 16.2. The number of rotatable bonds is 6. The Morgan fingerprint density at radius 3 is 2.09 bits per heavy atom. The molecule has 1 aliphatic rings. The number of benzene rings is 2. The minimum Gasteiger partial charge on any atom is -0.497 e. The molecule has 0 aromatic heterocycles. The van der Waals surface area contributed by atoms with E-state index in [9.17, 15) is 9.59 Å². The molecule has 3 rings (SSSR count). The zero-order valence-corrected chi connectivity index (χ0v) is 12.8. The molecule has 23 heavy (non-hydrogen) atoms. The lowest BCUT2D eigenvalue weighted by molar-refractivity contribution is 0.0545. The van der Waals surface area contributed by atoms with Crippen LogP contribution in [0.1, 0.15) is 26.3 Å². The highest BCUT2D eigenvalue weighted by Gasteiger charge is 2.34. The minimum absolute atomic E-state index is 0.251. The number of imide groups is 1. The van der Waals surface area contributed by atoms with Crippen molar-refractivity contribution in [3.05, 3.63) is 65.2 Å². The lowest BCUT2D eigenvalue weighted by Crippen LogP contribution is -2.33. The van der Waals surface area contributed by atoms with E-state index in [2.05, 4.69) is 0 Å². The largest absolute Gasteiger partial charge is 0.497 e. The number of nitrogens with zero attached hydrogens (tertiary/aromatic N) is 1. The second kappa shape index (κ2) is 6.62. The summed E-state index contributed by atoms with van der Waals surface area (Å²) in [5.41, 5.74) is 1.94. The molecule has 0 aliphatic carbocycles. The van der Waals surface area contributed by atoms with Crippen molar-refractivity contribution < 1.29 is 19.1 Å². The van der Waals surface area contributed by atoms with Gasteiger partial charge in [-0.25, -0.2) is 0 Å². The molecule has 0 bridgehead atoms. The predicted octanol–water partition coefficient (Wildman–Crippen LogP) is 2.51. The molecule has 0 fully saturated rings. The summed E-state index contributed by atoms with van der Waals surface area (Å²) in [6.07, 6.45) is 0. The maximum Gasteiger partial charge on any atom is 0.261 e. The van der Waals surface area contributed by atoms with Crippen LogP contribution < -0.4 is 4.74 Å². The van der Waals surface area contributed by atoms with Crippen molar-refractivity contribution in [3.63, 3.8) is 0 Å². The van der Waals surface area contributed by atoms with Gasteiger partial charge in [0.05, 0.1) is 38.0 Å². The Balaban J connectivity index is 1.51. The highest BCUT2D eigenvalue weighted by molar-refractivity contribution is 6.21. The summed E-state index contributed by atoms with van der Waals surface area (Å²) in [4.78, 5) is 25.6. The SMILES string of the molecule is COc1ccc(COCCN2C(=O)c3ccccc3C2=O)cc1. The van der Waals surface area contributed by atoms with Crippen LogP contribution in [0.2, 0.25) is 0 Å².